The van der Waals surface area contributed by atoms with Crippen molar-refractivity contribution in [1.82, 2.24) is 4.98 Å². The van der Waals surface area contributed by atoms with Crippen LogP contribution in [0.15, 0.2) is 52.1 Å². The lowest BCUT2D eigenvalue weighted by atomic mass is 10.2. The van der Waals surface area contributed by atoms with Crippen LogP contribution in [0.2, 0.25) is 0 Å². The second-order valence-electron chi connectivity index (χ2n) is 3.56. The number of pyridine rings is 1. The molecule has 18 heavy (non-hydrogen) atoms. The maximum absolute atomic E-state index is 10.9. The Kier molecular flexibility index (Phi) is 4.38. The van der Waals surface area contributed by atoms with Crippen LogP contribution in [0, 0.1) is 0 Å². The Morgan fingerprint density at radius 2 is 2.17 bits per heavy atom. The molecule has 0 bridgehead atoms. The summed E-state index contributed by atoms with van der Waals surface area (Å²) in [6.07, 6.45) is 1.58. The van der Waals surface area contributed by atoms with Gasteiger partial charge in [0.2, 0.25) is 0 Å². The Hall–Kier alpha value is -1.33. The maximum Gasteiger partial charge on any atom is 0.105 e. The van der Waals surface area contributed by atoms with E-state index in [1.54, 1.807) is 12.3 Å². The molecular weight excluding hydrogens is 314 g/mol. The quantitative estimate of drug-likeness (QED) is 0.811. The number of benzene rings is 1. The number of hydrogen-bond donors (Lipinski definition) is 0. The molecule has 0 atom stereocenters. The summed E-state index contributed by atoms with van der Waals surface area (Å²) >= 11 is 4.78. The van der Waals surface area contributed by atoms with E-state index in [1.807, 2.05) is 24.3 Å². The van der Waals surface area contributed by atoms with Crippen LogP contribution in [0.5, 0.6) is 0 Å². The van der Waals surface area contributed by atoms with Gasteiger partial charge in [-0.1, -0.05) is 28.1 Å². The highest BCUT2D eigenvalue weighted by molar-refractivity contribution is 9.10. The summed E-state index contributed by atoms with van der Waals surface area (Å²) in [5.41, 5.74) is 1.24. The van der Waals surface area contributed by atoms with E-state index in [1.165, 1.54) is 17.8 Å². The molecule has 0 fully saturated rings. The van der Waals surface area contributed by atoms with Crippen LogP contribution < -0.4 is 5.11 Å². The van der Waals surface area contributed by atoms with Crippen molar-refractivity contribution in [2.24, 2.45) is 0 Å². The predicted octanol–water partition coefficient (Wildman–Crippen LogP) is 2.50. The fourth-order valence-electron chi connectivity index (χ4n) is 1.44. The molecule has 1 aromatic carbocycles. The van der Waals surface area contributed by atoms with Crippen molar-refractivity contribution in [2.75, 3.05) is 0 Å². The largest absolute Gasteiger partial charge is 0.545 e. The van der Waals surface area contributed by atoms with E-state index in [4.69, 9.17) is 0 Å². The highest BCUT2D eigenvalue weighted by Crippen LogP contribution is 2.24. The molecule has 0 saturated heterocycles. The van der Waals surface area contributed by atoms with Gasteiger partial charge in [0.05, 0.1) is 5.97 Å². The lowest BCUT2D eigenvalue weighted by Crippen LogP contribution is -2.23. The molecule has 1 aromatic heterocycles. The minimum atomic E-state index is -1.19. The lowest BCUT2D eigenvalue weighted by molar-refractivity contribution is -0.255. The molecule has 0 aliphatic heterocycles. The third-order valence-corrected chi connectivity index (χ3v) is 3.83. The third kappa shape index (κ3) is 3.34. The van der Waals surface area contributed by atoms with E-state index in [0.717, 1.165) is 10.0 Å². The second kappa shape index (κ2) is 6.02. The van der Waals surface area contributed by atoms with E-state index in [-0.39, 0.29) is 5.56 Å². The van der Waals surface area contributed by atoms with Crippen molar-refractivity contribution in [2.45, 2.75) is 10.8 Å². The minimum absolute atomic E-state index is 0.137. The summed E-state index contributed by atoms with van der Waals surface area (Å²) in [5, 5.41) is 11.4. The third-order valence-electron chi connectivity index (χ3n) is 2.26. The highest BCUT2D eigenvalue weighted by Gasteiger charge is 2.05. The average molecular weight is 323 g/mol. The van der Waals surface area contributed by atoms with E-state index in [9.17, 15) is 9.90 Å². The number of carbonyl (C=O) groups is 1. The molecule has 3 nitrogen and oxygen atoms in total. The second-order valence-corrected chi connectivity index (χ2v) is 5.44. The zero-order valence-electron chi connectivity index (χ0n) is 9.30. The number of thioether (sulfide) groups is 1. The molecule has 1 heterocycles. The molecule has 0 unspecified atom stereocenters. The minimum Gasteiger partial charge on any atom is -0.545 e. The first-order valence-corrected chi connectivity index (χ1v) is 6.98. The molecule has 5 heteroatoms. The summed E-state index contributed by atoms with van der Waals surface area (Å²) in [6.45, 7) is 0. The first-order valence-electron chi connectivity index (χ1n) is 5.20. The van der Waals surface area contributed by atoms with Crippen molar-refractivity contribution < 1.29 is 9.90 Å². The average Bonchev–Trinajstić information content (AvgIpc) is 2.37. The number of aromatic nitrogens is 1. The molecule has 0 aliphatic rings. The monoisotopic (exact) mass is 322 g/mol. The molecule has 92 valence electrons. The van der Waals surface area contributed by atoms with Crippen molar-refractivity contribution >= 4 is 33.7 Å². The molecule has 0 amide bonds. The van der Waals surface area contributed by atoms with Crippen molar-refractivity contribution in [3.8, 4) is 0 Å². The van der Waals surface area contributed by atoms with Gasteiger partial charge in [0.1, 0.15) is 5.03 Å². The van der Waals surface area contributed by atoms with Crippen molar-refractivity contribution in [3.05, 3.63) is 58.2 Å². The number of aromatic carboxylic acids is 1. The lowest BCUT2D eigenvalue weighted by Gasteiger charge is -2.08. The fourth-order valence-corrected chi connectivity index (χ4v) is 2.81. The number of carboxylic acid groups (broad SMARTS) is 1. The van der Waals surface area contributed by atoms with Gasteiger partial charge in [-0.2, -0.15) is 0 Å². The topological polar surface area (TPSA) is 53.0 Å². The van der Waals surface area contributed by atoms with Gasteiger partial charge in [-0.25, -0.2) is 4.98 Å². The van der Waals surface area contributed by atoms with Crippen molar-refractivity contribution in [3.63, 3.8) is 0 Å². The molecule has 0 saturated carbocycles. The summed E-state index contributed by atoms with van der Waals surface area (Å²) in [6, 6.07) is 11.0. The van der Waals surface area contributed by atoms with Crippen LogP contribution in [0.1, 0.15) is 15.9 Å². The van der Waals surface area contributed by atoms with Gasteiger partial charge < -0.3 is 9.90 Å². The smallest absolute Gasteiger partial charge is 0.105 e. The molecule has 0 N–H and O–H groups in total. The van der Waals surface area contributed by atoms with Crippen molar-refractivity contribution in [1.29, 1.82) is 0 Å². The summed E-state index contributed by atoms with van der Waals surface area (Å²) in [4.78, 5) is 15.0. The Balaban J connectivity index is 2.13. The normalized spacial score (nSPS) is 10.3. The standard InChI is InChI=1S/C13H10BrNO2S/c14-10-4-1-3-9(7-10)8-18-12-11(13(16)17)5-2-6-15-12/h1-7H,8H2,(H,16,17)/p-1. The molecule has 0 radical (unpaired) electrons. The summed E-state index contributed by atoms with van der Waals surface area (Å²) < 4.78 is 1.00. The number of hydrogen-bond acceptors (Lipinski definition) is 4. The maximum atomic E-state index is 10.9. The van der Waals surface area contributed by atoms with Crippen LogP contribution in [0.4, 0.5) is 0 Å². The first-order chi connectivity index (χ1) is 8.66. The number of halogens is 1. The highest BCUT2D eigenvalue weighted by atomic mass is 79.9. The number of rotatable bonds is 4. The number of carboxylic acids is 1. The van der Waals surface area contributed by atoms with Crippen LogP contribution in [0.3, 0.4) is 0 Å². The predicted molar refractivity (Wildman–Crippen MR) is 72.3 cm³/mol. The fraction of sp³-hybridized carbons (Fsp3) is 0.0769. The Labute approximate surface area is 117 Å². The molecule has 2 rings (SSSR count). The van der Waals surface area contributed by atoms with Gasteiger partial charge in [-0.05, 0) is 29.8 Å². The molecule has 0 aliphatic carbocycles. The zero-order chi connectivity index (χ0) is 13.0. The molecule has 0 spiro atoms. The van der Waals surface area contributed by atoms with Gasteiger partial charge in [-0.15, -0.1) is 11.8 Å². The van der Waals surface area contributed by atoms with Gasteiger partial charge in [0.25, 0.3) is 0 Å². The van der Waals surface area contributed by atoms with E-state index in [2.05, 4.69) is 20.9 Å². The molecule has 2 aromatic rings. The van der Waals surface area contributed by atoms with E-state index in [0.29, 0.717) is 10.8 Å². The first kappa shape index (κ1) is 13.1. The van der Waals surface area contributed by atoms with Crippen LogP contribution in [-0.4, -0.2) is 11.0 Å². The van der Waals surface area contributed by atoms with Gasteiger partial charge in [-0.3, -0.25) is 0 Å². The molecular formula is C13H9BrNO2S-. The zero-order valence-corrected chi connectivity index (χ0v) is 11.7. The van der Waals surface area contributed by atoms with Crippen LogP contribution in [0.25, 0.3) is 0 Å². The number of nitrogens with zero attached hydrogens (tertiary/aromatic N) is 1. The number of carbonyl (C=O) groups excluding carboxylic acids is 1. The van der Waals surface area contributed by atoms with Gasteiger partial charge in [0, 0.05) is 22.0 Å². The van der Waals surface area contributed by atoms with Gasteiger partial charge in [0.15, 0.2) is 0 Å². The van der Waals surface area contributed by atoms with Crippen LogP contribution in [-0.2, 0) is 5.75 Å². The summed E-state index contributed by atoms with van der Waals surface area (Å²) in [7, 11) is 0. The van der Waals surface area contributed by atoms with Gasteiger partial charge >= 0.3 is 0 Å². The Morgan fingerprint density at radius 1 is 1.33 bits per heavy atom. The van der Waals surface area contributed by atoms with E-state index >= 15 is 0 Å². The summed E-state index contributed by atoms with van der Waals surface area (Å²) in [5.74, 6) is -0.531. The Morgan fingerprint density at radius 3 is 2.89 bits per heavy atom. The Bertz CT molecular complexity index is 574. The SMILES string of the molecule is O=C([O-])c1cccnc1SCc1cccc(Br)c1. The van der Waals surface area contributed by atoms with Crippen LogP contribution >= 0.6 is 27.7 Å². The van der Waals surface area contributed by atoms with E-state index < -0.39 is 5.97 Å².